The fourth-order valence-corrected chi connectivity index (χ4v) is 3.54. The molecule has 5 nitrogen and oxygen atoms in total. The van der Waals surface area contributed by atoms with Crippen LogP contribution in [0.3, 0.4) is 0 Å². The summed E-state index contributed by atoms with van der Waals surface area (Å²) in [5, 5.41) is 0. The zero-order chi connectivity index (χ0) is 15.0. The summed E-state index contributed by atoms with van der Waals surface area (Å²) >= 11 is 0. The molecule has 0 saturated carbocycles. The van der Waals surface area contributed by atoms with E-state index in [2.05, 4.69) is 4.72 Å². The Morgan fingerprint density at radius 3 is 2.76 bits per heavy atom. The molecule has 0 spiro atoms. The Morgan fingerprint density at radius 2 is 2.00 bits per heavy atom. The van der Waals surface area contributed by atoms with E-state index in [0.717, 1.165) is 11.1 Å². The van der Waals surface area contributed by atoms with Crippen molar-refractivity contribution < 1.29 is 13.2 Å². The van der Waals surface area contributed by atoms with Crippen LogP contribution in [0.1, 0.15) is 17.2 Å². The Balaban J connectivity index is 1.89. The van der Waals surface area contributed by atoms with E-state index < -0.39 is 10.0 Å². The van der Waals surface area contributed by atoms with Crippen molar-refractivity contribution in [3.63, 3.8) is 0 Å². The van der Waals surface area contributed by atoms with Crippen LogP contribution < -0.4 is 15.2 Å². The van der Waals surface area contributed by atoms with Crippen LogP contribution in [0.4, 0.5) is 5.69 Å². The molecule has 21 heavy (non-hydrogen) atoms. The second kappa shape index (κ2) is 5.05. The average Bonchev–Trinajstić information content (AvgIpc) is 2.85. The van der Waals surface area contributed by atoms with Crippen molar-refractivity contribution in [2.75, 3.05) is 12.3 Å². The van der Waals surface area contributed by atoms with Crippen LogP contribution in [0.2, 0.25) is 0 Å². The maximum atomic E-state index is 12.4. The second-order valence-electron chi connectivity index (χ2n) is 5.04. The van der Waals surface area contributed by atoms with Crippen LogP contribution in [0.5, 0.6) is 5.75 Å². The molecule has 2 aromatic carbocycles. The predicted molar refractivity (Wildman–Crippen MR) is 80.6 cm³/mol. The minimum Gasteiger partial charge on any atom is -0.491 e. The predicted octanol–water partition coefficient (Wildman–Crippen LogP) is 1.99. The van der Waals surface area contributed by atoms with Gasteiger partial charge >= 0.3 is 0 Å². The molecule has 0 amide bonds. The summed E-state index contributed by atoms with van der Waals surface area (Å²) in [6, 6.07) is 11.7. The standard InChI is InChI=1S/C15H16N2O3S/c1-10-6-7-11(8-13(10)16)21(18,19)17-14-9-20-15-5-3-2-4-12(14)15/h2-8,14,17H,9,16H2,1H3. The number of ether oxygens (including phenoxy) is 1. The Kier molecular flexibility index (Phi) is 3.35. The number of nitrogens with two attached hydrogens (primary N) is 1. The zero-order valence-corrected chi connectivity index (χ0v) is 12.4. The molecule has 1 aliphatic rings. The molecule has 1 heterocycles. The number of anilines is 1. The minimum absolute atomic E-state index is 0.162. The summed E-state index contributed by atoms with van der Waals surface area (Å²) in [6.07, 6.45) is 0. The van der Waals surface area contributed by atoms with Crippen LogP contribution in [0, 0.1) is 6.92 Å². The highest BCUT2D eigenvalue weighted by Crippen LogP contribution is 2.32. The first-order chi connectivity index (χ1) is 9.97. The van der Waals surface area contributed by atoms with Gasteiger partial charge in [0, 0.05) is 11.3 Å². The van der Waals surface area contributed by atoms with Gasteiger partial charge in [-0.2, -0.15) is 0 Å². The van der Waals surface area contributed by atoms with Crippen molar-refractivity contribution in [3.05, 3.63) is 53.6 Å². The van der Waals surface area contributed by atoms with E-state index in [1.165, 1.54) is 6.07 Å². The summed E-state index contributed by atoms with van der Waals surface area (Å²) in [6.45, 7) is 2.13. The van der Waals surface area contributed by atoms with E-state index in [9.17, 15) is 8.42 Å². The molecule has 1 unspecified atom stereocenters. The first-order valence-electron chi connectivity index (χ1n) is 6.57. The van der Waals surface area contributed by atoms with Gasteiger partial charge in [0.15, 0.2) is 0 Å². The molecular formula is C15H16N2O3S. The third-order valence-electron chi connectivity index (χ3n) is 3.56. The normalized spacial score (nSPS) is 17.3. The van der Waals surface area contributed by atoms with Crippen LogP contribution in [0.25, 0.3) is 0 Å². The van der Waals surface area contributed by atoms with Gasteiger partial charge in [-0.1, -0.05) is 24.3 Å². The summed E-state index contributed by atoms with van der Waals surface area (Å²) in [4.78, 5) is 0.162. The van der Waals surface area contributed by atoms with Crippen molar-refractivity contribution in [3.8, 4) is 5.75 Å². The van der Waals surface area contributed by atoms with Gasteiger partial charge in [-0.3, -0.25) is 0 Å². The third kappa shape index (κ3) is 2.59. The van der Waals surface area contributed by atoms with Crippen LogP contribution in [0.15, 0.2) is 47.4 Å². The van der Waals surface area contributed by atoms with Crippen LogP contribution in [-0.4, -0.2) is 15.0 Å². The lowest BCUT2D eigenvalue weighted by atomic mass is 10.1. The SMILES string of the molecule is Cc1ccc(S(=O)(=O)NC2COc3ccccc32)cc1N. The first kappa shape index (κ1) is 13.9. The second-order valence-corrected chi connectivity index (χ2v) is 6.76. The molecule has 110 valence electrons. The van der Waals surface area contributed by atoms with Crippen molar-refractivity contribution in [1.82, 2.24) is 4.72 Å². The number of para-hydroxylation sites is 1. The third-order valence-corrected chi connectivity index (χ3v) is 5.03. The van der Waals surface area contributed by atoms with Gasteiger partial charge < -0.3 is 10.5 Å². The van der Waals surface area contributed by atoms with Gasteiger partial charge in [-0.15, -0.1) is 0 Å². The smallest absolute Gasteiger partial charge is 0.241 e. The lowest BCUT2D eigenvalue weighted by molar-refractivity contribution is 0.325. The highest BCUT2D eigenvalue weighted by Gasteiger charge is 2.28. The molecule has 3 rings (SSSR count). The molecular weight excluding hydrogens is 288 g/mol. The number of nitrogen functional groups attached to an aromatic ring is 1. The van der Waals surface area contributed by atoms with E-state index in [-0.39, 0.29) is 10.9 Å². The molecule has 2 aromatic rings. The van der Waals surface area contributed by atoms with E-state index >= 15 is 0 Å². The number of aryl methyl sites for hydroxylation is 1. The molecule has 0 radical (unpaired) electrons. The van der Waals surface area contributed by atoms with Crippen molar-refractivity contribution in [1.29, 1.82) is 0 Å². The average molecular weight is 304 g/mol. The summed E-state index contributed by atoms with van der Waals surface area (Å²) in [7, 11) is -3.64. The van der Waals surface area contributed by atoms with Gasteiger partial charge in [0.1, 0.15) is 12.4 Å². The van der Waals surface area contributed by atoms with Gasteiger partial charge in [0.05, 0.1) is 10.9 Å². The fourth-order valence-electron chi connectivity index (χ4n) is 2.30. The minimum atomic E-state index is -3.64. The van der Waals surface area contributed by atoms with Crippen LogP contribution in [-0.2, 0) is 10.0 Å². The summed E-state index contributed by atoms with van der Waals surface area (Å²) in [5.41, 5.74) is 7.94. The quantitative estimate of drug-likeness (QED) is 0.850. The molecule has 0 aromatic heterocycles. The Bertz CT molecular complexity index is 787. The maximum Gasteiger partial charge on any atom is 0.241 e. The molecule has 6 heteroatoms. The van der Waals surface area contributed by atoms with Gasteiger partial charge in [0.2, 0.25) is 10.0 Å². The summed E-state index contributed by atoms with van der Waals surface area (Å²) in [5.74, 6) is 0.716. The molecule has 0 fully saturated rings. The van der Waals surface area contributed by atoms with Gasteiger partial charge in [-0.05, 0) is 30.7 Å². The highest BCUT2D eigenvalue weighted by atomic mass is 32.2. The number of hydrogen-bond donors (Lipinski definition) is 2. The lowest BCUT2D eigenvalue weighted by Gasteiger charge is -2.13. The lowest BCUT2D eigenvalue weighted by Crippen LogP contribution is -2.29. The Labute approximate surface area is 123 Å². The summed E-state index contributed by atoms with van der Waals surface area (Å²) < 4.78 is 33.0. The maximum absolute atomic E-state index is 12.4. The number of nitrogens with one attached hydrogen (secondary N) is 1. The Hall–Kier alpha value is -2.05. The molecule has 1 aliphatic heterocycles. The van der Waals surface area contributed by atoms with Crippen molar-refractivity contribution in [2.24, 2.45) is 0 Å². The van der Waals surface area contributed by atoms with E-state index in [4.69, 9.17) is 10.5 Å². The van der Waals surface area contributed by atoms with E-state index in [1.807, 2.05) is 31.2 Å². The molecule has 0 bridgehead atoms. The first-order valence-corrected chi connectivity index (χ1v) is 8.06. The number of hydrogen-bond acceptors (Lipinski definition) is 4. The molecule has 1 atom stereocenters. The zero-order valence-electron chi connectivity index (χ0n) is 11.5. The monoisotopic (exact) mass is 304 g/mol. The van der Waals surface area contributed by atoms with Crippen molar-refractivity contribution >= 4 is 15.7 Å². The van der Waals surface area contributed by atoms with E-state index in [0.29, 0.717) is 18.0 Å². The molecule has 0 aliphatic carbocycles. The fraction of sp³-hybridized carbons (Fsp3) is 0.200. The number of sulfonamides is 1. The largest absolute Gasteiger partial charge is 0.491 e. The number of benzene rings is 2. The highest BCUT2D eigenvalue weighted by molar-refractivity contribution is 7.89. The molecule has 3 N–H and O–H groups in total. The Morgan fingerprint density at radius 1 is 1.24 bits per heavy atom. The topological polar surface area (TPSA) is 81.4 Å². The van der Waals surface area contributed by atoms with Crippen molar-refractivity contribution in [2.45, 2.75) is 17.9 Å². The van der Waals surface area contributed by atoms with Gasteiger partial charge in [0.25, 0.3) is 0 Å². The van der Waals surface area contributed by atoms with Gasteiger partial charge in [-0.25, -0.2) is 13.1 Å². The number of rotatable bonds is 3. The van der Waals surface area contributed by atoms with Crippen LogP contribution >= 0.6 is 0 Å². The van der Waals surface area contributed by atoms with E-state index in [1.54, 1.807) is 12.1 Å². The number of fused-ring (bicyclic) bond motifs is 1. The molecule has 0 saturated heterocycles.